The third-order valence-electron chi connectivity index (χ3n) is 4.80. The zero-order valence-corrected chi connectivity index (χ0v) is 16.0. The van der Waals surface area contributed by atoms with Gasteiger partial charge in [0.15, 0.2) is 0 Å². The minimum atomic E-state index is -3.29. The van der Waals surface area contributed by atoms with E-state index in [1.165, 1.54) is 12.1 Å². The molecule has 0 radical (unpaired) electrons. The first-order valence-corrected chi connectivity index (χ1v) is 10.7. The summed E-state index contributed by atoms with van der Waals surface area (Å²) in [6.45, 7) is -1.20. The Morgan fingerprint density at radius 2 is 1.76 bits per heavy atom. The third-order valence-corrected chi connectivity index (χ3v) is 6.67. The number of aromatic nitrogens is 1. The van der Waals surface area contributed by atoms with Gasteiger partial charge in [-0.25, -0.2) is 4.39 Å². The molecule has 1 fully saturated rings. The van der Waals surface area contributed by atoms with Crippen LogP contribution in [0.4, 0.5) is 13.2 Å². The SMILES string of the molecule is O=C(N[C@H](CF)[C@H](O)c1ccc(-c2ccc(C3CS(O)(O)C3)nc2)cc1)C(F)F. The molecule has 3 rings (SSSR count). The number of aliphatic hydroxyl groups excluding tert-OH is 1. The van der Waals surface area contributed by atoms with Gasteiger partial charge in [0, 0.05) is 34.9 Å². The van der Waals surface area contributed by atoms with Crippen LogP contribution in [0, 0.1) is 0 Å². The van der Waals surface area contributed by atoms with Gasteiger partial charge in [-0.15, -0.1) is 0 Å². The molecular weight excluding hydrogens is 409 g/mol. The predicted octanol–water partition coefficient (Wildman–Crippen LogP) is 3.35. The van der Waals surface area contributed by atoms with Crippen LogP contribution in [0.2, 0.25) is 0 Å². The summed E-state index contributed by atoms with van der Waals surface area (Å²) in [4.78, 5) is 15.4. The normalized spacial score (nSPS) is 19.3. The first kappa shape index (κ1) is 21.6. The molecule has 2 heterocycles. The Morgan fingerprint density at radius 1 is 1.14 bits per heavy atom. The Kier molecular flexibility index (Phi) is 6.47. The van der Waals surface area contributed by atoms with E-state index in [1.807, 2.05) is 12.1 Å². The molecule has 2 aromatic rings. The summed E-state index contributed by atoms with van der Waals surface area (Å²) < 4.78 is 56.7. The molecule has 1 aliphatic heterocycles. The standard InChI is InChI=1S/C19H21F3N2O4S/c20-7-16(24-19(26)18(21)22)17(25)12-3-1-11(2-4-12)13-5-6-15(23-8-13)14-9-29(27,28)10-14/h1-6,8,14,16-18,25,27-28H,7,9-10H2,(H,24,26)/t16-,17-/m1/s1. The first-order chi connectivity index (χ1) is 13.7. The number of carbonyl (C=O) groups excluding carboxylic acids is 1. The second-order valence-corrected chi connectivity index (χ2v) is 9.21. The van der Waals surface area contributed by atoms with E-state index >= 15 is 0 Å². The Labute approximate surface area is 167 Å². The van der Waals surface area contributed by atoms with Gasteiger partial charge in [0.25, 0.3) is 5.91 Å². The summed E-state index contributed by atoms with van der Waals surface area (Å²) in [7, 11) is -2.43. The second kappa shape index (κ2) is 8.70. The fraction of sp³-hybridized carbons (Fsp3) is 0.368. The van der Waals surface area contributed by atoms with Crippen molar-refractivity contribution in [2.24, 2.45) is 0 Å². The van der Waals surface area contributed by atoms with Crippen LogP contribution in [0.3, 0.4) is 0 Å². The van der Waals surface area contributed by atoms with Crippen molar-refractivity contribution in [2.45, 2.75) is 24.5 Å². The van der Waals surface area contributed by atoms with E-state index in [1.54, 1.807) is 23.6 Å². The lowest BCUT2D eigenvalue weighted by atomic mass is 9.99. The first-order valence-electron chi connectivity index (χ1n) is 8.82. The maximum absolute atomic E-state index is 13.1. The van der Waals surface area contributed by atoms with Crippen molar-refractivity contribution >= 4 is 16.5 Å². The fourth-order valence-electron chi connectivity index (χ4n) is 3.14. The van der Waals surface area contributed by atoms with E-state index in [9.17, 15) is 32.2 Å². The molecule has 0 unspecified atom stereocenters. The van der Waals surface area contributed by atoms with Crippen LogP contribution in [0.15, 0.2) is 42.6 Å². The summed E-state index contributed by atoms with van der Waals surface area (Å²) in [5, 5.41) is 12.0. The maximum Gasteiger partial charge on any atom is 0.315 e. The van der Waals surface area contributed by atoms with Gasteiger partial charge < -0.3 is 10.4 Å². The van der Waals surface area contributed by atoms with Gasteiger partial charge in [-0.2, -0.15) is 19.4 Å². The second-order valence-electron chi connectivity index (χ2n) is 6.94. The summed E-state index contributed by atoms with van der Waals surface area (Å²) in [6, 6.07) is 8.55. The van der Waals surface area contributed by atoms with Gasteiger partial charge in [-0.1, -0.05) is 30.3 Å². The Bertz CT molecular complexity index is 842. The Balaban J connectivity index is 1.67. The molecule has 4 N–H and O–H groups in total. The fourth-order valence-corrected chi connectivity index (χ4v) is 4.67. The number of alkyl halides is 3. The van der Waals surface area contributed by atoms with E-state index < -0.39 is 41.7 Å². The average molecular weight is 430 g/mol. The van der Waals surface area contributed by atoms with Crippen LogP contribution in [0.1, 0.15) is 23.3 Å². The molecule has 1 saturated heterocycles. The molecule has 0 aliphatic carbocycles. The number of amides is 1. The number of hydrogen-bond acceptors (Lipinski definition) is 5. The summed E-state index contributed by atoms with van der Waals surface area (Å²) in [5.74, 6) is -0.956. The van der Waals surface area contributed by atoms with Gasteiger partial charge >= 0.3 is 6.43 Å². The zero-order chi connectivity index (χ0) is 21.2. The third kappa shape index (κ3) is 5.08. The molecular formula is C19H21F3N2O4S. The maximum atomic E-state index is 13.1. The smallest absolute Gasteiger partial charge is 0.315 e. The number of aliphatic hydroxyl groups is 1. The van der Waals surface area contributed by atoms with Gasteiger partial charge in [0.2, 0.25) is 0 Å². The highest BCUT2D eigenvalue weighted by Crippen LogP contribution is 2.55. The molecule has 29 heavy (non-hydrogen) atoms. The van der Waals surface area contributed by atoms with E-state index in [2.05, 4.69) is 4.98 Å². The Hall–Kier alpha value is -2.14. The van der Waals surface area contributed by atoms with Crippen LogP contribution in [-0.4, -0.2) is 55.8 Å². The van der Waals surface area contributed by atoms with E-state index in [4.69, 9.17) is 0 Å². The van der Waals surface area contributed by atoms with Crippen molar-refractivity contribution in [3.63, 3.8) is 0 Å². The van der Waals surface area contributed by atoms with Gasteiger partial charge in [-0.05, 0) is 17.2 Å². The average Bonchev–Trinajstić information content (AvgIpc) is 2.69. The van der Waals surface area contributed by atoms with Crippen molar-refractivity contribution < 1.29 is 32.2 Å². The minimum Gasteiger partial charge on any atom is -0.386 e. The lowest BCUT2D eigenvalue weighted by molar-refractivity contribution is -0.133. The number of carbonyl (C=O) groups is 1. The van der Waals surface area contributed by atoms with Crippen molar-refractivity contribution in [1.82, 2.24) is 10.3 Å². The summed E-state index contributed by atoms with van der Waals surface area (Å²) in [5.41, 5.74) is 2.61. The van der Waals surface area contributed by atoms with Crippen molar-refractivity contribution in [3.05, 3.63) is 53.9 Å². The highest BCUT2D eigenvalue weighted by atomic mass is 32.3. The molecule has 158 valence electrons. The molecule has 6 nitrogen and oxygen atoms in total. The number of halogens is 3. The van der Waals surface area contributed by atoms with E-state index in [0.717, 1.165) is 16.8 Å². The van der Waals surface area contributed by atoms with Crippen molar-refractivity contribution in [1.29, 1.82) is 0 Å². The lowest BCUT2D eigenvalue weighted by Crippen LogP contribution is -2.43. The number of rotatable bonds is 7. The van der Waals surface area contributed by atoms with Crippen LogP contribution in [-0.2, 0) is 4.79 Å². The van der Waals surface area contributed by atoms with E-state index in [0.29, 0.717) is 11.5 Å². The number of benzene rings is 1. The molecule has 1 aliphatic rings. The van der Waals surface area contributed by atoms with E-state index in [-0.39, 0.29) is 11.5 Å². The van der Waals surface area contributed by atoms with Gasteiger partial charge in [0.05, 0.1) is 6.04 Å². The molecule has 2 atom stereocenters. The summed E-state index contributed by atoms with van der Waals surface area (Å²) >= 11 is 0. The topological polar surface area (TPSA) is 103 Å². The van der Waals surface area contributed by atoms with Crippen LogP contribution < -0.4 is 5.32 Å². The Morgan fingerprint density at radius 3 is 2.24 bits per heavy atom. The number of nitrogens with one attached hydrogen (secondary N) is 1. The molecule has 1 aromatic carbocycles. The number of pyridine rings is 1. The molecule has 1 aromatic heterocycles. The monoisotopic (exact) mass is 430 g/mol. The van der Waals surface area contributed by atoms with Crippen LogP contribution in [0.25, 0.3) is 11.1 Å². The highest BCUT2D eigenvalue weighted by molar-refractivity contribution is 8.25. The molecule has 10 heteroatoms. The van der Waals surface area contributed by atoms with Crippen LogP contribution >= 0.6 is 10.6 Å². The number of nitrogens with zero attached hydrogens (tertiary/aromatic N) is 1. The summed E-state index contributed by atoms with van der Waals surface area (Å²) in [6.07, 6.45) is -3.12. The largest absolute Gasteiger partial charge is 0.386 e. The van der Waals surface area contributed by atoms with Gasteiger partial charge in [0.1, 0.15) is 12.8 Å². The van der Waals surface area contributed by atoms with Crippen molar-refractivity contribution in [3.8, 4) is 11.1 Å². The quantitative estimate of drug-likeness (QED) is 0.540. The highest BCUT2D eigenvalue weighted by Gasteiger charge is 2.35. The van der Waals surface area contributed by atoms with Crippen LogP contribution in [0.5, 0.6) is 0 Å². The van der Waals surface area contributed by atoms with Gasteiger partial charge in [-0.3, -0.25) is 18.9 Å². The molecule has 0 saturated carbocycles. The molecule has 0 spiro atoms. The van der Waals surface area contributed by atoms with Crippen molar-refractivity contribution in [2.75, 3.05) is 18.2 Å². The molecule has 0 bridgehead atoms. The lowest BCUT2D eigenvalue weighted by Gasteiger charge is -2.46. The zero-order valence-electron chi connectivity index (χ0n) is 15.2. The molecule has 1 amide bonds. The minimum absolute atomic E-state index is 0.0349. The number of hydrogen-bond donors (Lipinski definition) is 4. The predicted molar refractivity (Wildman–Crippen MR) is 104 cm³/mol.